The summed E-state index contributed by atoms with van der Waals surface area (Å²) in [4.78, 5) is 12.1. The van der Waals surface area contributed by atoms with E-state index < -0.39 is 0 Å². The van der Waals surface area contributed by atoms with Gasteiger partial charge in [0.2, 0.25) is 0 Å². The van der Waals surface area contributed by atoms with Crippen LogP contribution in [0.5, 0.6) is 5.75 Å². The number of nitrogens with zero attached hydrogens (tertiary/aromatic N) is 2. The minimum absolute atomic E-state index is 0.223. The van der Waals surface area contributed by atoms with E-state index in [1.165, 1.54) is 5.56 Å². The molecule has 0 bridgehead atoms. The number of benzene rings is 1. The van der Waals surface area contributed by atoms with Crippen molar-refractivity contribution >= 4 is 11.7 Å². The number of hydrogen-bond acceptors (Lipinski definition) is 4. The molecule has 1 aliphatic heterocycles. The molecular formula is C19H26N4O3. The maximum Gasteiger partial charge on any atom is 0.319 e. The molecule has 1 aromatic heterocycles. The van der Waals surface area contributed by atoms with E-state index in [0.29, 0.717) is 18.7 Å². The zero-order chi connectivity index (χ0) is 18.4. The van der Waals surface area contributed by atoms with Crippen LogP contribution in [0.15, 0.2) is 30.6 Å². The van der Waals surface area contributed by atoms with Crippen molar-refractivity contribution in [2.75, 3.05) is 25.6 Å². The van der Waals surface area contributed by atoms with Crippen molar-refractivity contribution in [3.8, 4) is 5.75 Å². The van der Waals surface area contributed by atoms with Crippen LogP contribution in [-0.4, -0.2) is 42.2 Å². The first kappa shape index (κ1) is 18.3. The van der Waals surface area contributed by atoms with Gasteiger partial charge in [0, 0.05) is 19.3 Å². The van der Waals surface area contributed by atoms with Gasteiger partial charge in [0.1, 0.15) is 5.75 Å². The molecule has 2 heterocycles. The Labute approximate surface area is 153 Å². The molecule has 2 N–H and O–H groups in total. The molecule has 2 amide bonds. The summed E-state index contributed by atoms with van der Waals surface area (Å²) in [6.07, 6.45) is 6.57. The zero-order valence-corrected chi connectivity index (χ0v) is 15.3. The van der Waals surface area contributed by atoms with Crippen molar-refractivity contribution in [3.05, 3.63) is 41.7 Å². The molecule has 2 aromatic rings. The van der Waals surface area contributed by atoms with Crippen molar-refractivity contribution in [1.29, 1.82) is 0 Å². The lowest BCUT2D eigenvalue weighted by Crippen LogP contribution is -2.30. The summed E-state index contributed by atoms with van der Waals surface area (Å²) in [5.74, 6) is 0.841. The smallest absolute Gasteiger partial charge is 0.319 e. The van der Waals surface area contributed by atoms with E-state index in [-0.39, 0.29) is 12.1 Å². The van der Waals surface area contributed by atoms with Crippen LogP contribution in [0.2, 0.25) is 0 Å². The first-order valence-electron chi connectivity index (χ1n) is 8.96. The van der Waals surface area contributed by atoms with Crippen LogP contribution < -0.4 is 15.4 Å². The molecule has 3 rings (SSSR count). The number of carbonyl (C=O) groups excluding carboxylic acids is 1. The maximum absolute atomic E-state index is 12.1. The number of aromatic nitrogens is 2. The summed E-state index contributed by atoms with van der Waals surface area (Å²) in [7, 11) is 1.66. The number of amides is 2. The molecule has 0 saturated carbocycles. The van der Waals surface area contributed by atoms with E-state index in [2.05, 4.69) is 21.8 Å². The van der Waals surface area contributed by atoms with E-state index in [0.717, 1.165) is 37.3 Å². The summed E-state index contributed by atoms with van der Waals surface area (Å²) in [6, 6.07) is 5.80. The van der Waals surface area contributed by atoms with Crippen LogP contribution in [0.3, 0.4) is 0 Å². The molecule has 0 radical (unpaired) electrons. The first-order chi connectivity index (χ1) is 12.6. The lowest BCUT2D eigenvalue weighted by atomic mass is 10.1. The van der Waals surface area contributed by atoms with Crippen molar-refractivity contribution < 1.29 is 14.3 Å². The highest BCUT2D eigenvalue weighted by molar-refractivity contribution is 5.88. The van der Waals surface area contributed by atoms with Gasteiger partial charge < -0.3 is 20.1 Å². The van der Waals surface area contributed by atoms with Gasteiger partial charge in [-0.25, -0.2) is 4.79 Å². The van der Waals surface area contributed by atoms with Crippen LogP contribution in [0.4, 0.5) is 10.5 Å². The zero-order valence-electron chi connectivity index (χ0n) is 15.3. The Balaban J connectivity index is 1.44. The van der Waals surface area contributed by atoms with Crippen molar-refractivity contribution in [1.82, 2.24) is 15.1 Å². The fourth-order valence-corrected chi connectivity index (χ4v) is 3.11. The topological polar surface area (TPSA) is 77.4 Å². The molecule has 1 atom stereocenters. The Morgan fingerprint density at radius 2 is 2.35 bits per heavy atom. The van der Waals surface area contributed by atoms with Crippen LogP contribution in [0.25, 0.3) is 0 Å². The molecule has 140 valence electrons. The summed E-state index contributed by atoms with van der Waals surface area (Å²) in [5, 5.41) is 9.94. The Kier molecular flexibility index (Phi) is 6.12. The number of carbonyl (C=O) groups is 1. The Morgan fingerprint density at radius 1 is 1.46 bits per heavy atom. The number of urea groups is 1. The van der Waals surface area contributed by atoms with Gasteiger partial charge in [-0.3, -0.25) is 4.68 Å². The Bertz CT molecular complexity index is 738. The molecule has 0 spiro atoms. The second-order valence-corrected chi connectivity index (χ2v) is 6.53. The highest BCUT2D eigenvalue weighted by atomic mass is 16.5. The largest absolute Gasteiger partial charge is 0.496 e. The van der Waals surface area contributed by atoms with Crippen LogP contribution in [-0.2, 0) is 17.7 Å². The molecule has 1 fully saturated rings. The third-order valence-corrected chi connectivity index (χ3v) is 4.42. The highest BCUT2D eigenvalue weighted by Gasteiger charge is 2.16. The second-order valence-electron chi connectivity index (χ2n) is 6.53. The molecule has 1 aromatic carbocycles. The van der Waals surface area contributed by atoms with Crippen molar-refractivity contribution in [2.24, 2.45) is 0 Å². The SMILES string of the molecule is COc1ccc(C)cc1CCNC(=O)Nc1cnn(CC2CCCO2)c1. The van der Waals surface area contributed by atoms with Crippen LogP contribution in [0, 0.1) is 6.92 Å². The maximum atomic E-state index is 12.1. The first-order valence-corrected chi connectivity index (χ1v) is 8.96. The summed E-state index contributed by atoms with van der Waals surface area (Å²) in [5.41, 5.74) is 2.93. The van der Waals surface area contributed by atoms with E-state index in [9.17, 15) is 4.79 Å². The van der Waals surface area contributed by atoms with E-state index in [1.807, 2.05) is 29.9 Å². The number of anilines is 1. The van der Waals surface area contributed by atoms with Gasteiger partial charge >= 0.3 is 6.03 Å². The Hall–Kier alpha value is -2.54. The fraction of sp³-hybridized carbons (Fsp3) is 0.474. The predicted molar refractivity (Wildman–Crippen MR) is 99.7 cm³/mol. The molecule has 1 unspecified atom stereocenters. The fourth-order valence-electron chi connectivity index (χ4n) is 3.11. The third kappa shape index (κ3) is 4.98. The highest BCUT2D eigenvalue weighted by Crippen LogP contribution is 2.19. The third-order valence-electron chi connectivity index (χ3n) is 4.42. The second kappa shape index (κ2) is 8.71. The lowest BCUT2D eigenvalue weighted by molar-refractivity contribution is 0.0940. The van der Waals surface area contributed by atoms with Gasteiger partial charge in [-0.05, 0) is 37.8 Å². The van der Waals surface area contributed by atoms with Gasteiger partial charge in [0.25, 0.3) is 0 Å². The average molecular weight is 358 g/mol. The summed E-state index contributed by atoms with van der Waals surface area (Å²) in [6.45, 7) is 4.11. The molecule has 1 aliphatic rings. The molecule has 0 aliphatic carbocycles. The van der Waals surface area contributed by atoms with E-state index >= 15 is 0 Å². The summed E-state index contributed by atoms with van der Waals surface area (Å²) < 4.78 is 12.8. The Morgan fingerprint density at radius 3 is 3.12 bits per heavy atom. The van der Waals surface area contributed by atoms with Gasteiger partial charge in [-0.2, -0.15) is 5.10 Å². The number of nitrogens with one attached hydrogen (secondary N) is 2. The summed E-state index contributed by atoms with van der Waals surface area (Å²) >= 11 is 0. The average Bonchev–Trinajstić information content (AvgIpc) is 3.28. The number of methoxy groups -OCH3 is 1. The van der Waals surface area contributed by atoms with Crippen molar-refractivity contribution in [3.63, 3.8) is 0 Å². The van der Waals surface area contributed by atoms with Gasteiger partial charge in [-0.15, -0.1) is 0 Å². The number of hydrogen-bond donors (Lipinski definition) is 2. The molecule has 7 heteroatoms. The van der Waals surface area contributed by atoms with E-state index in [1.54, 1.807) is 13.3 Å². The van der Waals surface area contributed by atoms with Crippen LogP contribution >= 0.6 is 0 Å². The van der Waals surface area contributed by atoms with Gasteiger partial charge in [0.05, 0.1) is 31.6 Å². The van der Waals surface area contributed by atoms with Gasteiger partial charge in [-0.1, -0.05) is 17.7 Å². The van der Waals surface area contributed by atoms with Gasteiger partial charge in [0.15, 0.2) is 0 Å². The normalized spacial score (nSPS) is 16.5. The monoisotopic (exact) mass is 358 g/mol. The molecular weight excluding hydrogens is 332 g/mol. The minimum Gasteiger partial charge on any atom is -0.496 e. The molecule has 1 saturated heterocycles. The van der Waals surface area contributed by atoms with E-state index in [4.69, 9.17) is 9.47 Å². The molecule has 7 nitrogen and oxygen atoms in total. The lowest BCUT2D eigenvalue weighted by Gasteiger charge is -2.10. The van der Waals surface area contributed by atoms with Crippen LogP contribution in [0.1, 0.15) is 24.0 Å². The predicted octanol–water partition coefficient (Wildman–Crippen LogP) is 2.74. The minimum atomic E-state index is -0.242. The quantitative estimate of drug-likeness (QED) is 0.798. The van der Waals surface area contributed by atoms with Crippen molar-refractivity contribution in [2.45, 2.75) is 38.8 Å². The standard InChI is InChI=1S/C19H26N4O3/c1-14-5-6-18(25-2)15(10-14)7-8-20-19(24)22-16-11-21-23(12-16)13-17-4-3-9-26-17/h5-6,10-12,17H,3-4,7-9,13H2,1-2H3,(H2,20,22,24). The number of ether oxygens (including phenoxy) is 2. The number of rotatable bonds is 7. The molecule has 26 heavy (non-hydrogen) atoms. The number of aryl methyl sites for hydroxylation is 1.